The maximum absolute atomic E-state index is 9.66. The Morgan fingerprint density at radius 1 is 1.25 bits per heavy atom. The highest BCUT2D eigenvalue weighted by Gasteiger charge is 2.34. The summed E-state index contributed by atoms with van der Waals surface area (Å²) in [5, 5.41) is 18.6. The molecule has 3 nitrogen and oxygen atoms in total. The van der Waals surface area contributed by atoms with Crippen molar-refractivity contribution in [1.29, 1.82) is 0 Å². The van der Waals surface area contributed by atoms with Gasteiger partial charge in [-0.1, -0.05) is 41.9 Å². The van der Waals surface area contributed by atoms with E-state index in [1.807, 2.05) is 30.3 Å². The average Bonchev–Trinajstić information content (AvgIpc) is 2.28. The van der Waals surface area contributed by atoms with Gasteiger partial charge in [-0.2, -0.15) is 0 Å². The Balaban J connectivity index is 0.00000225. The van der Waals surface area contributed by atoms with Gasteiger partial charge in [0.05, 0.1) is 14.1 Å². The summed E-state index contributed by atoms with van der Waals surface area (Å²) < 4.78 is 0.127. The van der Waals surface area contributed by atoms with E-state index in [0.29, 0.717) is 0 Å². The molecule has 1 rings (SSSR count). The zero-order valence-electron chi connectivity index (χ0n) is 9.35. The first-order valence-corrected chi connectivity index (χ1v) is 5.25. The van der Waals surface area contributed by atoms with Crippen molar-refractivity contribution in [3.63, 3.8) is 0 Å². The van der Waals surface area contributed by atoms with Gasteiger partial charge in [0.15, 0.2) is 5.50 Å². The number of halogens is 2. The molecule has 0 saturated heterocycles. The van der Waals surface area contributed by atoms with Crippen LogP contribution in [0.1, 0.15) is 11.1 Å². The van der Waals surface area contributed by atoms with Crippen molar-refractivity contribution < 1.29 is 27.1 Å². The normalized spacial score (nSPS) is 15.1. The lowest BCUT2D eigenvalue weighted by molar-refractivity contribution is -0.953. The molecule has 0 aliphatic heterocycles. The first-order chi connectivity index (χ1) is 7.00. The number of rotatable bonds is 4. The van der Waals surface area contributed by atoms with Crippen molar-refractivity contribution in [2.24, 2.45) is 0 Å². The van der Waals surface area contributed by atoms with E-state index < -0.39 is 6.23 Å². The molecule has 5 heteroatoms. The van der Waals surface area contributed by atoms with Crippen molar-refractivity contribution in [1.82, 2.24) is 0 Å². The van der Waals surface area contributed by atoms with Crippen molar-refractivity contribution in [3.05, 3.63) is 35.9 Å². The molecular formula is C11H17Cl2NO2. The summed E-state index contributed by atoms with van der Waals surface area (Å²) in [6.07, 6.45) is -0.882. The van der Waals surface area contributed by atoms with Crippen LogP contribution in [-0.4, -0.2) is 41.6 Å². The highest BCUT2D eigenvalue weighted by Crippen LogP contribution is 2.30. The lowest BCUT2D eigenvalue weighted by Crippen LogP contribution is -3.00. The van der Waals surface area contributed by atoms with E-state index in [4.69, 9.17) is 16.7 Å². The van der Waals surface area contributed by atoms with Gasteiger partial charge in [0.25, 0.3) is 0 Å². The smallest absolute Gasteiger partial charge is 0.215 e. The van der Waals surface area contributed by atoms with Crippen LogP contribution in [0.3, 0.4) is 0 Å². The molecule has 2 atom stereocenters. The highest BCUT2D eigenvalue weighted by molar-refractivity contribution is 6.19. The number of quaternary nitrogens is 1. The number of aliphatic hydroxyl groups is 2. The molecule has 0 heterocycles. The minimum absolute atomic E-state index is 0. The molecule has 0 aliphatic rings. The Hall–Kier alpha value is -0.320. The molecule has 16 heavy (non-hydrogen) atoms. The summed E-state index contributed by atoms with van der Waals surface area (Å²) >= 11 is 6.27. The third-order valence-electron chi connectivity index (χ3n) is 2.59. The van der Waals surface area contributed by atoms with Gasteiger partial charge in [0.2, 0.25) is 6.23 Å². The molecule has 2 unspecified atom stereocenters. The maximum Gasteiger partial charge on any atom is 0.215 e. The van der Waals surface area contributed by atoms with Gasteiger partial charge in [-0.05, 0) is 0 Å². The zero-order valence-corrected chi connectivity index (χ0v) is 10.9. The fourth-order valence-electron chi connectivity index (χ4n) is 1.36. The minimum Gasteiger partial charge on any atom is -1.00 e. The maximum atomic E-state index is 9.66. The molecule has 0 amide bonds. The molecule has 0 aromatic heterocycles. The first kappa shape index (κ1) is 15.7. The van der Waals surface area contributed by atoms with E-state index >= 15 is 0 Å². The SMILES string of the molecule is C[N+](C)(C(O)CO)C(Cl)c1ccccc1.[Cl-]. The standard InChI is InChI=1S/C11H17ClNO2.ClH/c1-13(2,10(15)8-14)11(12)9-6-4-3-5-7-9;/h3-7,10-11,14-15H,8H2,1-2H3;1H/q+1;/p-1. The van der Waals surface area contributed by atoms with Crippen LogP contribution in [0.15, 0.2) is 30.3 Å². The van der Waals surface area contributed by atoms with Gasteiger partial charge in [-0.3, -0.25) is 4.48 Å². The fraction of sp³-hybridized carbons (Fsp3) is 0.455. The summed E-state index contributed by atoms with van der Waals surface area (Å²) in [5.41, 5.74) is 0.546. The van der Waals surface area contributed by atoms with Gasteiger partial charge in [0, 0.05) is 5.56 Å². The van der Waals surface area contributed by atoms with E-state index in [9.17, 15) is 5.11 Å². The Morgan fingerprint density at radius 2 is 1.75 bits per heavy atom. The molecule has 0 spiro atoms. The minimum atomic E-state index is -0.882. The molecule has 92 valence electrons. The number of likely N-dealkylation sites (N-methyl/N-ethyl adjacent to an activating group) is 1. The van der Waals surface area contributed by atoms with Crippen LogP contribution in [0.4, 0.5) is 0 Å². The lowest BCUT2D eigenvalue weighted by Gasteiger charge is -2.37. The molecule has 0 radical (unpaired) electrons. The molecular weight excluding hydrogens is 249 g/mol. The summed E-state index contributed by atoms with van der Waals surface area (Å²) in [4.78, 5) is 0. The van der Waals surface area contributed by atoms with Crippen molar-refractivity contribution in [2.45, 2.75) is 11.7 Å². The Kier molecular flexibility index (Phi) is 6.30. The Morgan fingerprint density at radius 3 is 2.19 bits per heavy atom. The van der Waals surface area contributed by atoms with Gasteiger partial charge >= 0.3 is 0 Å². The summed E-state index contributed by atoms with van der Waals surface area (Å²) in [7, 11) is 3.57. The van der Waals surface area contributed by atoms with Crippen molar-refractivity contribution >= 4 is 11.6 Å². The number of aliphatic hydroxyl groups excluding tert-OH is 2. The van der Waals surface area contributed by atoms with Crippen LogP contribution in [0.5, 0.6) is 0 Å². The quantitative estimate of drug-likeness (QED) is 0.296. The summed E-state index contributed by atoms with van der Waals surface area (Å²) in [5.74, 6) is 0. The van der Waals surface area contributed by atoms with Gasteiger partial charge in [-0.25, -0.2) is 0 Å². The molecule has 0 aliphatic carbocycles. The second kappa shape index (κ2) is 6.42. The molecule has 0 saturated carbocycles. The van der Waals surface area contributed by atoms with Crippen LogP contribution < -0.4 is 12.4 Å². The van der Waals surface area contributed by atoms with E-state index in [-0.39, 0.29) is 29.0 Å². The van der Waals surface area contributed by atoms with Crippen molar-refractivity contribution in [2.75, 3.05) is 20.7 Å². The largest absolute Gasteiger partial charge is 1.00 e. The van der Waals surface area contributed by atoms with Crippen LogP contribution in [0.2, 0.25) is 0 Å². The average molecular weight is 266 g/mol. The predicted octanol–water partition coefficient (Wildman–Crippen LogP) is -1.68. The number of hydrogen-bond donors (Lipinski definition) is 2. The van der Waals surface area contributed by atoms with Gasteiger partial charge in [-0.15, -0.1) is 0 Å². The van der Waals surface area contributed by atoms with Crippen molar-refractivity contribution in [3.8, 4) is 0 Å². The molecule has 0 bridgehead atoms. The molecule has 0 fully saturated rings. The van der Waals surface area contributed by atoms with E-state index in [1.165, 1.54) is 0 Å². The molecule has 1 aromatic carbocycles. The number of alkyl halides is 1. The highest BCUT2D eigenvalue weighted by atomic mass is 35.5. The third kappa shape index (κ3) is 3.34. The molecule has 1 aromatic rings. The Labute approximate surface area is 107 Å². The summed E-state index contributed by atoms with van der Waals surface area (Å²) in [6.45, 7) is -0.303. The van der Waals surface area contributed by atoms with E-state index in [1.54, 1.807) is 14.1 Å². The monoisotopic (exact) mass is 265 g/mol. The second-order valence-electron chi connectivity index (χ2n) is 4.04. The zero-order chi connectivity index (χ0) is 11.5. The third-order valence-corrected chi connectivity index (χ3v) is 3.35. The fourth-order valence-corrected chi connectivity index (χ4v) is 1.63. The lowest BCUT2D eigenvalue weighted by atomic mass is 10.2. The van der Waals surface area contributed by atoms with Crippen LogP contribution in [0, 0.1) is 0 Å². The summed E-state index contributed by atoms with van der Waals surface area (Å²) in [6, 6.07) is 9.52. The number of benzene rings is 1. The van der Waals surface area contributed by atoms with E-state index in [2.05, 4.69) is 0 Å². The van der Waals surface area contributed by atoms with Crippen LogP contribution in [-0.2, 0) is 0 Å². The van der Waals surface area contributed by atoms with Gasteiger partial charge < -0.3 is 22.6 Å². The molecule has 2 N–H and O–H groups in total. The number of nitrogens with zero attached hydrogens (tertiary/aromatic N) is 1. The van der Waals surface area contributed by atoms with Crippen LogP contribution in [0.25, 0.3) is 0 Å². The van der Waals surface area contributed by atoms with Crippen LogP contribution >= 0.6 is 11.6 Å². The Bertz CT molecular complexity index is 306. The second-order valence-corrected chi connectivity index (χ2v) is 4.45. The van der Waals surface area contributed by atoms with E-state index in [0.717, 1.165) is 5.56 Å². The number of hydrogen-bond acceptors (Lipinski definition) is 2. The first-order valence-electron chi connectivity index (χ1n) is 4.81. The predicted molar refractivity (Wildman–Crippen MR) is 60.2 cm³/mol. The van der Waals surface area contributed by atoms with Gasteiger partial charge in [0.1, 0.15) is 6.61 Å². The topological polar surface area (TPSA) is 40.5 Å².